The number of ether oxygens (including phenoxy) is 2. The van der Waals surface area contributed by atoms with E-state index in [2.05, 4.69) is 9.80 Å². The average Bonchev–Trinajstić information content (AvgIpc) is 3.15. The van der Waals surface area contributed by atoms with E-state index in [-0.39, 0.29) is 49.9 Å². The molecule has 11 nitrogen and oxygen atoms in total. The molecule has 0 spiro atoms. The summed E-state index contributed by atoms with van der Waals surface area (Å²) < 4.78 is 11.0. The van der Waals surface area contributed by atoms with Gasteiger partial charge in [0.05, 0.1) is 33.0 Å². The van der Waals surface area contributed by atoms with E-state index in [0.717, 1.165) is 22.6 Å². The maximum atomic E-state index is 13.5. The number of hydrogen-bond acceptors (Lipinski definition) is 9. The van der Waals surface area contributed by atoms with Crippen molar-refractivity contribution in [1.29, 1.82) is 0 Å². The minimum absolute atomic E-state index is 0.0374. The fraction of sp³-hybridized carbons (Fsp3) is 0.400. The standard InChI is InChI=1S/C38H42N4O7.C2H6/c1-39(17-19-41-35(44)29-11-2-7-27-8-3-12-30(33(27)29)36(41)45)15-6-16-40(21-23-48-25-26-49-24-22-43)18-20-42-37(46)31-13-4-9-28-10-5-14-32(34(28)31)38(42)47;1-2/h2-5,7-14,43H,6,15-26H2,1H3;1-2H3. The molecule has 0 aromatic heterocycles. The van der Waals surface area contributed by atoms with Gasteiger partial charge in [0.15, 0.2) is 0 Å². The molecule has 0 fully saturated rings. The summed E-state index contributed by atoms with van der Waals surface area (Å²) in [6.45, 7) is 8.96. The van der Waals surface area contributed by atoms with E-state index >= 15 is 0 Å². The fourth-order valence-electron chi connectivity index (χ4n) is 6.67. The molecule has 51 heavy (non-hydrogen) atoms. The van der Waals surface area contributed by atoms with Gasteiger partial charge in [-0.25, -0.2) is 0 Å². The van der Waals surface area contributed by atoms with E-state index < -0.39 is 0 Å². The van der Waals surface area contributed by atoms with Gasteiger partial charge in [0.25, 0.3) is 23.6 Å². The fourth-order valence-corrected chi connectivity index (χ4v) is 6.67. The number of likely N-dealkylation sites (N-methyl/N-ethyl adjacent to an activating group) is 1. The van der Waals surface area contributed by atoms with Gasteiger partial charge in [-0.3, -0.25) is 33.9 Å². The minimum atomic E-state index is -0.285. The maximum absolute atomic E-state index is 13.5. The quantitative estimate of drug-likeness (QED) is 0.118. The molecule has 11 heteroatoms. The van der Waals surface area contributed by atoms with Crippen molar-refractivity contribution in [2.24, 2.45) is 0 Å². The van der Waals surface area contributed by atoms with Crippen LogP contribution in [0.25, 0.3) is 21.5 Å². The van der Waals surface area contributed by atoms with Gasteiger partial charge in [0.1, 0.15) is 0 Å². The topological polar surface area (TPSA) is 120 Å². The molecule has 2 heterocycles. The van der Waals surface area contributed by atoms with E-state index in [4.69, 9.17) is 14.6 Å². The van der Waals surface area contributed by atoms with Crippen LogP contribution in [0.4, 0.5) is 0 Å². The first-order valence-corrected chi connectivity index (χ1v) is 17.8. The highest BCUT2D eigenvalue weighted by Gasteiger charge is 2.34. The Labute approximate surface area is 299 Å². The summed E-state index contributed by atoms with van der Waals surface area (Å²) in [6.07, 6.45) is 0.782. The van der Waals surface area contributed by atoms with Crippen LogP contribution < -0.4 is 0 Å². The summed E-state index contributed by atoms with van der Waals surface area (Å²) in [6, 6.07) is 22.1. The lowest BCUT2D eigenvalue weighted by atomic mass is 9.94. The summed E-state index contributed by atoms with van der Waals surface area (Å²) in [5.74, 6) is -1.11. The summed E-state index contributed by atoms with van der Waals surface area (Å²) in [5.41, 5.74) is 2.19. The van der Waals surface area contributed by atoms with Crippen molar-refractivity contribution in [3.63, 3.8) is 0 Å². The van der Waals surface area contributed by atoms with E-state index in [9.17, 15) is 19.2 Å². The van der Waals surface area contributed by atoms with Gasteiger partial charge in [-0.2, -0.15) is 0 Å². The Morgan fingerprint density at radius 2 is 0.980 bits per heavy atom. The SMILES string of the molecule is CC.CN(CCCN(CCOCCOCCO)CCN1C(=O)c2cccc3cccc(c23)C1=O)CCN1C(=O)c2cccc3cccc(c23)C1=O. The Bertz CT molecular complexity index is 1760. The number of carbonyl (C=O) groups is 4. The summed E-state index contributed by atoms with van der Waals surface area (Å²) in [4.78, 5) is 60.5. The number of imide groups is 2. The number of aliphatic hydroxyl groups excluding tert-OH is 1. The van der Waals surface area contributed by atoms with Gasteiger partial charge in [0.2, 0.25) is 0 Å². The zero-order chi connectivity index (χ0) is 36.3. The summed E-state index contributed by atoms with van der Waals surface area (Å²) in [5, 5.41) is 12.1. The van der Waals surface area contributed by atoms with Crippen molar-refractivity contribution < 1.29 is 33.8 Å². The molecule has 4 amide bonds. The van der Waals surface area contributed by atoms with Crippen LogP contribution in [0.1, 0.15) is 61.7 Å². The van der Waals surface area contributed by atoms with E-state index in [1.54, 1.807) is 24.3 Å². The number of aliphatic hydroxyl groups is 1. The molecule has 0 saturated heterocycles. The number of carbonyl (C=O) groups excluding carboxylic acids is 4. The lowest BCUT2D eigenvalue weighted by Crippen LogP contribution is -2.45. The second-order valence-corrected chi connectivity index (χ2v) is 12.4. The lowest BCUT2D eigenvalue weighted by molar-refractivity contribution is 0.0254. The molecule has 1 N–H and O–H groups in total. The third-order valence-corrected chi connectivity index (χ3v) is 9.23. The van der Waals surface area contributed by atoms with Gasteiger partial charge in [0, 0.05) is 65.8 Å². The summed E-state index contributed by atoms with van der Waals surface area (Å²) >= 11 is 0. The van der Waals surface area contributed by atoms with Crippen molar-refractivity contribution in [2.45, 2.75) is 20.3 Å². The minimum Gasteiger partial charge on any atom is -0.394 e. The molecular weight excluding hydrogens is 648 g/mol. The van der Waals surface area contributed by atoms with Crippen molar-refractivity contribution in [1.82, 2.24) is 19.6 Å². The third kappa shape index (κ3) is 8.52. The van der Waals surface area contributed by atoms with Crippen molar-refractivity contribution in [3.8, 4) is 0 Å². The molecule has 2 aliphatic rings. The van der Waals surface area contributed by atoms with Crippen LogP contribution in [0, 0.1) is 0 Å². The van der Waals surface area contributed by atoms with Crippen LogP contribution in [-0.4, -0.2) is 134 Å². The molecule has 2 aliphatic heterocycles. The van der Waals surface area contributed by atoms with Gasteiger partial charge in [-0.05, 0) is 61.6 Å². The van der Waals surface area contributed by atoms with Crippen molar-refractivity contribution >= 4 is 45.2 Å². The van der Waals surface area contributed by atoms with Crippen LogP contribution in [0.3, 0.4) is 0 Å². The monoisotopic (exact) mass is 696 g/mol. The van der Waals surface area contributed by atoms with Crippen LogP contribution in [0.5, 0.6) is 0 Å². The highest BCUT2D eigenvalue weighted by molar-refractivity contribution is 6.26. The first kappa shape index (κ1) is 37.7. The van der Waals surface area contributed by atoms with Crippen LogP contribution in [-0.2, 0) is 9.47 Å². The second-order valence-electron chi connectivity index (χ2n) is 12.4. The second kappa shape index (κ2) is 18.1. The predicted molar refractivity (Wildman–Crippen MR) is 197 cm³/mol. The molecule has 0 aliphatic carbocycles. The highest BCUT2D eigenvalue weighted by Crippen LogP contribution is 2.31. The first-order valence-electron chi connectivity index (χ1n) is 17.8. The van der Waals surface area contributed by atoms with Gasteiger partial charge >= 0.3 is 0 Å². The van der Waals surface area contributed by atoms with Crippen molar-refractivity contribution in [2.75, 3.05) is 85.9 Å². The van der Waals surface area contributed by atoms with E-state index in [1.807, 2.05) is 69.4 Å². The Balaban J connectivity index is 0.00000248. The molecule has 0 radical (unpaired) electrons. The average molecular weight is 697 g/mol. The molecule has 4 aromatic rings. The molecule has 0 unspecified atom stereocenters. The molecule has 0 bridgehead atoms. The normalized spacial score (nSPS) is 13.9. The number of rotatable bonds is 18. The maximum Gasteiger partial charge on any atom is 0.261 e. The molecule has 0 atom stereocenters. The highest BCUT2D eigenvalue weighted by atomic mass is 16.5. The third-order valence-electron chi connectivity index (χ3n) is 9.23. The Hall–Kier alpha value is -4.52. The number of hydrogen-bond donors (Lipinski definition) is 1. The number of nitrogens with zero attached hydrogens (tertiary/aromatic N) is 4. The molecule has 4 aromatic carbocycles. The summed E-state index contributed by atoms with van der Waals surface area (Å²) in [7, 11) is 1.97. The smallest absolute Gasteiger partial charge is 0.261 e. The Kier molecular flexibility index (Phi) is 13.4. The van der Waals surface area contributed by atoms with Crippen LogP contribution in [0.2, 0.25) is 0 Å². The Morgan fingerprint density at radius 1 is 0.549 bits per heavy atom. The zero-order valence-electron chi connectivity index (χ0n) is 29.8. The van der Waals surface area contributed by atoms with Crippen LogP contribution in [0.15, 0.2) is 72.8 Å². The molecular formula is C40H48N4O7. The Morgan fingerprint density at radius 3 is 1.43 bits per heavy atom. The van der Waals surface area contributed by atoms with Gasteiger partial charge in [-0.1, -0.05) is 62.4 Å². The van der Waals surface area contributed by atoms with Crippen molar-refractivity contribution in [3.05, 3.63) is 95.1 Å². The van der Waals surface area contributed by atoms with Gasteiger partial charge < -0.3 is 19.5 Å². The van der Waals surface area contributed by atoms with E-state index in [1.165, 1.54) is 9.80 Å². The first-order chi connectivity index (χ1) is 24.9. The number of amides is 4. The number of benzene rings is 4. The van der Waals surface area contributed by atoms with Gasteiger partial charge in [-0.15, -0.1) is 0 Å². The lowest BCUT2D eigenvalue weighted by Gasteiger charge is -2.31. The zero-order valence-corrected chi connectivity index (χ0v) is 29.8. The molecule has 6 rings (SSSR count). The van der Waals surface area contributed by atoms with Crippen LogP contribution >= 0.6 is 0 Å². The van der Waals surface area contributed by atoms with E-state index in [0.29, 0.717) is 80.2 Å². The largest absolute Gasteiger partial charge is 0.394 e. The molecule has 270 valence electrons. The molecule has 0 saturated carbocycles. The predicted octanol–water partition coefficient (Wildman–Crippen LogP) is 4.56.